The zero-order valence-electron chi connectivity index (χ0n) is 6.11. The van der Waals surface area contributed by atoms with Crippen LogP contribution < -0.4 is 5.73 Å². The topological polar surface area (TPSA) is 92.5 Å². The first-order valence-corrected chi connectivity index (χ1v) is 3.69. The number of rotatable bonds is 3. The second-order valence-corrected chi connectivity index (χ2v) is 1.86. The van der Waals surface area contributed by atoms with Gasteiger partial charge in [0.15, 0.2) is 0 Å². The molecule has 0 aromatic carbocycles. The van der Waals surface area contributed by atoms with E-state index in [2.05, 4.69) is 16.5 Å². The Kier molecular flexibility index (Phi) is 10.9. The Balaban J connectivity index is 0. The summed E-state index contributed by atoms with van der Waals surface area (Å²) < 4.78 is 22.7. The number of amides is 1. The molecule has 0 heterocycles. The van der Waals surface area contributed by atoms with Crippen LogP contribution in [0.1, 0.15) is 6.92 Å². The van der Waals surface area contributed by atoms with Gasteiger partial charge in [0, 0.05) is 0 Å². The second kappa shape index (κ2) is 9.28. The molecule has 1 atom stereocenters. The number of hydrogen-bond donors (Lipinski definition) is 1. The maximum Gasteiger partial charge on any atom is 0.240 e. The molecule has 2 N–H and O–H groups in total. The SMILES string of the molecule is C=CC(N)=O.CCOS(=O)[O-]. The van der Waals surface area contributed by atoms with Gasteiger partial charge in [0.2, 0.25) is 5.91 Å². The lowest BCUT2D eigenvalue weighted by Gasteiger charge is -1.98. The van der Waals surface area contributed by atoms with Gasteiger partial charge in [0.25, 0.3) is 0 Å². The fourth-order valence-corrected chi connectivity index (χ4v) is 0.289. The summed E-state index contributed by atoms with van der Waals surface area (Å²) in [6, 6.07) is 0. The Morgan fingerprint density at radius 3 is 2.27 bits per heavy atom. The van der Waals surface area contributed by atoms with E-state index in [4.69, 9.17) is 0 Å². The summed E-state index contributed by atoms with van der Waals surface area (Å²) >= 11 is -2.32. The zero-order chi connectivity index (χ0) is 9.28. The number of carbonyl (C=O) groups excluding carboxylic acids is 1. The lowest BCUT2D eigenvalue weighted by molar-refractivity contribution is -0.113. The third kappa shape index (κ3) is 26.8. The maximum absolute atomic E-state index is 9.47. The molecule has 11 heavy (non-hydrogen) atoms. The lowest BCUT2D eigenvalue weighted by Crippen LogP contribution is -2.04. The predicted molar refractivity (Wildman–Crippen MR) is 39.9 cm³/mol. The van der Waals surface area contributed by atoms with Crippen molar-refractivity contribution in [1.29, 1.82) is 0 Å². The van der Waals surface area contributed by atoms with Crippen LogP contribution >= 0.6 is 0 Å². The highest BCUT2D eigenvalue weighted by Gasteiger charge is 1.70. The van der Waals surface area contributed by atoms with Crippen molar-refractivity contribution in [3.63, 3.8) is 0 Å². The molecule has 1 amide bonds. The highest BCUT2D eigenvalue weighted by molar-refractivity contribution is 7.74. The van der Waals surface area contributed by atoms with E-state index in [1.807, 2.05) is 0 Å². The van der Waals surface area contributed by atoms with Crippen LogP contribution in [0.2, 0.25) is 0 Å². The van der Waals surface area contributed by atoms with E-state index >= 15 is 0 Å². The van der Waals surface area contributed by atoms with Gasteiger partial charge in [0.05, 0.1) is 18.0 Å². The summed E-state index contributed by atoms with van der Waals surface area (Å²) in [5, 5.41) is 0. The Hall–Kier alpha value is -0.720. The fourth-order valence-electron chi connectivity index (χ4n) is 0.0962. The van der Waals surface area contributed by atoms with Gasteiger partial charge in [-0.3, -0.25) is 4.79 Å². The monoisotopic (exact) mass is 180 g/mol. The summed E-state index contributed by atoms with van der Waals surface area (Å²) in [4.78, 5) is 9.47. The summed E-state index contributed by atoms with van der Waals surface area (Å²) in [6.45, 7) is 4.91. The summed E-state index contributed by atoms with van der Waals surface area (Å²) in [5.74, 6) is -0.481. The van der Waals surface area contributed by atoms with Crippen molar-refractivity contribution in [2.24, 2.45) is 5.73 Å². The fraction of sp³-hybridized carbons (Fsp3) is 0.400. The van der Waals surface area contributed by atoms with Crippen molar-refractivity contribution in [3.8, 4) is 0 Å². The van der Waals surface area contributed by atoms with E-state index in [0.717, 1.165) is 6.08 Å². The summed E-state index contributed by atoms with van der Waals surface area (Å²) in [6.07, 6.45) is 1.06. The van der Waals surface area contributed by atoms with Crippen LogP contribution in [0.4, 0.5) is 0 Å². The van der Waals surface area contributed by atoms with Crippen molar-refractivity contribution >= 4 is 17.3 Å². The zero-order valence-corrected chi connectivity index (χ0v) is 6.93. The normalized spacial score (nSPS) is 10.7. The third-order valence-electron chi connectivity index (χ3n) is 0.415. The maximum atomic E-state index is 9.47. The van der Waals surface area contributed by atoms with Gasteiger partial charge >= 0.3 is 0 Å². The van der Waals surface area contributed by atoms with Gasteiger partial charge < -0.3 is 14.5 Å². The summed E-state index contributed by atoms with van der Waals surface area (Å²) in [7, 11) is 0. The highest BCUT2D eigenvalue weighted by Crippen LogP contribution is 1.72. The summed E-state index contributed by atoms with van der Waals surface area (Å²) in [5.41, 5.74) is 4.53. The molecule has 5 nitrogen and oxygen atoms in total. The largest absolute Gasteiger partial charge is 0.750 e. The van der Waals surface area contributed by atoms with E-state index in [9.17, 15) is 13.6 Å². The highest BCUT2D eigenvalue weighted by atomic mass is 32.2. The van der Waals surface area contributed by atoms with E-state index in [1.165, 1.54) is 0 Å². The van der Waals surface area contributed by atoms with Crippen molar-refractivity contribution in [2.45, 2.75) is 6.92 Å². The molecule has 66 valence electrons. The average Bonchev–Trinajstić information content (AvgIpc) is 1.89. The van der Waals surface area contributed by atoms with Gasteiger partial charge in [-0.05, 0) is 13.0 Å². The average molecular weight is 180 g/mol. The Bertz CT molecular complexity index is 147. The van der Waals surface area contributed by atoms with Gasteiger partial charge in [-0.25, -0.2) is 4.21 Å². The van der Waals surface area contributed by atoms with Crippen LogP contribution in [0, 0.1) is 0 Å². The molecular formula is C5H10NO4S-. The van der Waals surface area contributed by atoms with Gasteiger partial charge in [-0.2, -0.15) is 0 Å². The Morgan fingerprint density at radius 1 is 1.91 bits per heavy atom. The standard InChI is InChI=1S/C3H5NO.C2H6O3S/c1-2-3(4)5;1-2-5-6(3)4/h2H,1H2,(H2,4,5);2H2,1H3,(H,3,4)/p-1. The number of primary amides is 1. The number of carbonyl (C=O) groups is 1. The molecule has 0 aromatic rings. The van der Waals surface area contributed by atoms with Crippen LogP contribution in [-0.2, 0) is 20.3 Å². The van der Waals surface area contributed by atoms with Gasteiger partial charge in [-0.15, -0.1) is 0 Å². The molecule has 0 saturated carbocycles. The van der Waals surface area contributed by atoms with Crippen LogP contribution in [-0.4, -0.2) is 21.3 Å². The van der Waals surface area contributed by atoms with Gasteiger partial charge in [0.1, 0.15) is 0 Å². The molecule has 0 radical (unpaired) electrons. The molecule has 0 aliphatic rings. The van der Waals surface area contributed by atoms with Crippen LogP contribution in [0.15, 0.2) is 12.7 Å². The minimum atomic E-state index is -2.32. The number of hydrogen-bond acceptors (Lipinski definition) is 4. The molecular weight excluding hydrogens is 170 g/mol. The van der Waals surface area contributed by atoms with Crippen LogP contribution in [0.5, 0.6) is 0 Å². The van der Waals surface area contributed by atoms with Crippen molar-refractivity contribution in [1.82, 2.24) is 0 Å². The van der Waals surface area contributed by atoms with Crippen molar-refractivity contribution < 1.29 is 17.7 Å². The van der Waals surface area contributed by atoms with Crippen molar-refractivity contribution in [3.05, 3.63) is 12.7 Å². The minimum Gasteiger partial charge on any atom is -0.750 e. The molecule has 0 aromatic heterocycles. The first-order chi connectivity index (χ1) is 5.04. The predicted octanol–water partition coefficient (Wildman–Crippen LogP) is -0.525. The Morgan fingerprint density at radius 2 is 2.27 bits per heavy atom. The second-order valence-electron chi connectivity index (χ2n) is 1.22. The smallest absolute Gasteiger partial charge is 0.240 e. The third-order valence-corrected chi connectivity index (χ3v) is 0.843. The first-order valence-electron chi connectivity index (χ1n) is 2.69. The first kappa shape index (κ1) is 12.9. The van der Waals surface area contributed by atoms with Crippen molar-refractivity contribution in [2.75, 3.05) is 6.61 Å². The van der Waals surface area contributed by atoms with Crippen LogP contribution in [0.25, 0.3) is 0 Å². The van der Waals surface area contributed by atoms with E-state index < -0.39 is 17.3 Å². The van der Waals surface area contributed by atoms with E-state index in [-0.39, 0.29) is 6.61 Å². The number of nitrogens with two attached hydrogens (primary N) is 1. The molecule has 0 bridgehead atoms. The van der Waals surface area contributed by atoms with Crippen LogP contribution in [0.3, 0.4) is 0 Å². The minimum absolute atomic E-state index is 0.218. The van der Waals surface area contributed by atoms with E-state index in [0.29, 0.717) is 0 Å². The molecule has 0 aliphatic heterocycles. The molecule has 6 heteroatoms. The van der Waals surface area contributed by atoms with E-state index in [1.54, 1.807) is 6.92 Å². The van der Waals surface area contributed by atoms with Gasteiger partial charge in [-0.1, -0.05) is 6.58 Å². The Labute approximate surface area is 67.7 Å². The molecule has 0 aliphatic carbocycles. The molecule has 0 spiro atoms. The lowest BCUT2D eigenvalue weighted by atomic mass is 10.6. The molecule has 0 fully saturated rings. The molecule has 0 saturated heterocycles. The quantitative estimate of drug-likeness (QED) is 0.467. The molecule has 0 rings (SSSR count). The molecule has 1 unspecified atom stereocenters.